The fourth-order valence-electron chi connectivity index (χ4n) is 0.904. The van der Waals surface area contributed by atoms with Gasteiger partial charge in [0.25, 0.3) is 5.91 Å². The van der Waals surface area contributed by atoms with Gasteiger partial charge in [-0.15, -0.1) is 0 Å². The molecule has 1 fully saturated rings. The van der Waals surface area contributed by atoms with Gasteiger partial charge in [0.15, 0.2) is 6.10 Å². The lowest BCUT2D eigenvalue weighted by Crippen LogP contribution is -2.51. The lowest BCUT2D eigenvalue weighted by atomic mass is 10.2. The number of hydrogen-bond donors (Lipinski definition) is 3. The number of carbonyl (C=O) groups excluding carboxylic acids is 1. The minimum Gasteiger partial charge on any atom is -0.394 e. The average molecular weight is 161 g/mol. The van der Waals surface area contributed by atoms with Crippen molar-refractivity contribution in [3.8, 4) is 0 Å². The predicted molar refractivity (Wildman–Crippen MR) is 35.8 cm³/mol. The smallest absolute Gasteiger partial charge is 0.251 e. The first-order chi connectivity index (χ1) is 5.27. The van der Waals surface area contributed by atoms with Crippen molar-refractivity contribution in [2.45, 2.75) is 12.2 Å². The van der Waals surface area contributed by atoms with Crippen molar-refractivity contribution in [2.75, 3.05) is 19.8 Å². The highest BCUT2D eigenvalue weighted by atomic mass is 16.5. The zero-order valence-electron chi connectivity index (χ0n) is 5.99. The predicted octanol–water partition coefficient (Wildman–Crippen LogP) is -2.15. The van der Waals surface area contributed by atoms with Crippen molar-refractivity contribution in [3.05, 3.63) is 0 Å². The molecule has 1 heterocycles. The maximum atomic E-state index is 10.8. The summed E-state index contributed by atoms with van der Waals surface area (Å²) < 4.78 is 4.98. The van der Waals surface area contributed by atoms with Gasteiger partial charge >= 0.3 is 0 Å². The molecule has 5 heteroatoms. The number of aliphatic hydroxyl groups excluding tert-OH is 2. The van der Waals surface area contributed by atoms with Crippen LogP contribution in [0.3, 0.4) is 0 Å². The Balaban J connectivity index is 2.44. The molecule has 0 aromatic rings. The molecule has 1 aliphatic rings. The molecule has 0 bridgehead atoms. The van der Waals surface area contributed by atoms with E-state index < -0.39 is 6.10 Å². The van der Waals surface area contributed by atoms with Gasteiger partial charge in [0.2, 0.25) is 0 Å². The molecule has 0 aromatic carbocycles. The fourth-order valence-corrected chi connectivity index (χ4v) is 0.904. The Labute approximate surface area is 64.0 Å². The minimum absolute atomic E-state index is 0.142. The Morgan fingerprint density at radius 3 is 2.82 bits per heavy atom. The van der Waals surface area contributed by atoms with E-state index in [4.69, 9.17) is 14.9 Å². The Morgan fingerprint density at radius 2 is 2.27 bits per heavy atom. The molecule has 1 unspecified atom stereocenters. The number of hydrogen-bond acceptors (Lipinski definition) is 4. The summed E-state index contributed by atoms with van der Waals surface area (Å²) in [4.78, 5) is 10.8. The van der Waals surface area contributed by atoms with Gasteiger partial charge < -0.3 is 20.3 Å². The van der Waals surface area contributed by atoms with Gasteiger partial charge in [0.05, 0.1) is 19.3 Å². The van der Waals surface area contributed by atoms with Crippen LogP contribution in [-0.4, -0.2) is 48.1 Å². The van der Waals surface area contributed by atoms with Gasteiger partial charge in [-0.3, -0.25) is 4.79 Å². The third kappa shape index (κ3) is 1.89. The van der Waals surface area contributed by atoms with E-state index in [1.807, 2.05) is 0 Å². The van der Waals surface area contributed by atoms with Crippen molar-refractivity contribution in [1.82, 2.24) is 5.32 Å². The van der Waals surface area contributed by atoms with Gasteiger partial charge in [0.1, 0.15) is 0 Å². The van der Waals surface area contributed by atoms with Crippen LogP contribution in [0.5, 0.6) is 0 Å². The molecule has 11 heavy (non-hydrogen) atoms. The lowest BCUT2D eigenvalue weighted by Gasteiger charge is -2.27. The Bertz CT molecular complexity index is 150. The molecule has 0 radical (unpaired) electrons. The standard InChI is InChI=1S/C6H11NO4/c8-2-4-1-7-6(10)5(3-9)11-4/h4-5,8-9H,1-3H2,(H,7,10)/t4-,5?/m1/s1. The van der Waals surface area contributed by atoms with Crippen molar-refractivity contribution >= 4 is 5.91 Å². The Hall–Kier alpha value is -0.650. The van der Waals surface area contributed by atoms with Crippen LogP contribution in [0.15, 0.2) is 0 Å². The third-order valence-electron chi connectivity index (χ3n) is 1.52. The van der Waals surface area contributed by atoms with Crippen LogP contribution in [0.2, 0.25) is 0 Å². The molecule has 2 atom stereocenters. The summed E-state index contributed by atoms with van der Waals surface area (Å²) in [5, 5.41) is 19.7. The van der Waals surface area contributed by atoms with E-state index in [1.54, 1.807) is 0 Å². The maximum absolute atomic E-state index is 10.8. The topological polar surface area (TPSA) is 78.8 Å². The van der Waals surface area contributed by atoms with Crippen LogP contribution < -0.4 is 5.32 Å². The lowest BCUT2D eigenvalue weighted by molar-refractivity contribution is -0.150. The van der Waals surface area contributed by atoms with Gasteiger partial charge in [-0.05, 0) is 0 Å². The molecule has 3 N–H and O–H groups in total. The normalized spacial score (nSPS) is 31.6. The second kappa shape index (κ2) is 3.66. The monoisotopic (exact) mass is 161 g/mol. The summed E-state index contributed by atoms with van der Waals surface area (Å²) in [6.45, 7) is -0.176. The van der Waals surface area contributed by atoms with E-state index in [0.29, 0.717) is 6.54 Å². The minimum atomic E-state index is -0.819. The maximum Gasteiger partial charge on any atom is 0.251 e. The van der Waals surface area contributed by atoms with Crippen LogP contribution >= 0.6 is 0 Å². The molecule has 0 saturated carbocycles. The highest BCUT2D eigenvalue weighted by Crippen LogP contribution is 2.03. The quantitative estimate of drug-likeness (QED) is 0.431. The third-order valence-corrected chi connectivity index (χ3v) is 1.52. The number of amides is 1. The summed E-state index contributed by atoms with van der Waals surface area (Å²) in [5.41, 5.74) is 0. The number of carbonyl (C=O) groups is 1. The zero-order chi connectivity index (χ0) is 8.27. The van der Waals surface area contributed by atoms with Crippen molar-refractivity contribution < 1.29 is 19.7 Å². The van der Waals surface area contributed by atoms with Crippen LogP contribution in [0.4, 0.5) is 0 Å². The molecule has 1 rings (SSSR count). The van der Waals surface area contributed by atoms with Gasteiger partial charge in [-0.25, -0.2) is 0 Å². The molecule has 0 aliphatic carbocycles. The molecular formula is C6H11NO4. The molecule has 1 saturated heterocycles. The first-order valence-corrected chi connectivity index (χ1v) is 3.42. The second-order valence-corrected chi connectivity index (χ2v) is 2.36. The van der Waals surface area contributed by atoms with Crippen LogP contribution in [0.25, 0.3) is 0 Å². The highest BCUT2D eigenvalue weighted by Gasteiger charge is 2.27. The van der Waals surface area contributed by atoms with E-state index in [9.17, 15) is 4.79 Å². The molecule has 0 spiro atoms. The van der Waals surface area contributed by atoms with E-state index in [0.717, 1.165) is 0 Å². The van der Waals surface area contributed by atoms with E-state index in [-0.39, 0.29) is 25.2 Å². The molecule has 64 valence electrons. The van der Waals surface area contributed by atoms with Gasteiger partial charge in [-0.2, -0.15) is 0 Å². The Kier molecular flexibility index (Phi) is 2.81. The number of aliphatic hydroxyl groups is 2. The first-order valence-electron chi connectivity index (χ1n) is 3.42. The number of ether oxygens (including phenoxy) is 1. The van der Waals surface area contributed by atoms with Crippen molar-refractivity contribution in [3.63, 3.8) is 0 Å². The van der Waals surface area contributed by atoms with E-state index >= 15 is 0 Å². The van der Waals surface area contributed by atoms with Crippen LogP contribution in [-0.2, 0) is 9.53 Å². The molecule has 1 amide bonds. The van der Waals surface area contributed by atoms with Gasteiger partial charge in [-0.1, -0.05) is 0 Å². The highest BCUT2D eigenvalue weighted by molar-refractivity contribution is 5.81. The first kappa shape index (κ1) is 8.45. The van der Waals surface area contributed by atoms with Crippen LogP contribution in [0, 0.1) is 0 Å². The molecule has 1 aliphatic heterocycles. The SMILES string of the molecule is O=C1NC[C@H](CO)OC1CO. The summed E-state index contributed by atoms with van der Waals surface area (Å²) in [7, 11) is 0. The molecule has 0 aromatic heterocycles. The number of morpholine rings is 1. The average Bonchev–Trinajstić information content (AvgIpc) is 2.05. The zero-order valence-corrected chi connectivity index (χ0v) is 5.99. The summed E-state index contributed by atoms with van der Waals surface area (Å²) in [6, 6.07) is 0. The molecular weight excluding hydrogens is 150 g/mol. The largest absolute Gasteiger partial charge is 0.394 e. The van der Waals surface area contributed by atoms with Crippen molar-refractivity contribution in [2.24, 2.45) is 0 Å². The van der Waals surface area contributed by atoms with E-state index in [2.05, 4.69) is 5.32 Å². The fraction of sp³-hybridized carbons (Fsp3) is 0.833. The van der Waals surface area contributed by atoms with Gasteiger partial charge in [0, 0.05) is 6.54 Å². The number of rotatable bonds is 2. The van der Waals surface area contributed by atoms with Crippen molar-refractivity contribution in [1.29, 1.82) is 0 Å². The second-order valence-electron chi connectivity index (χ2n) is 2.36. The summed E-state index contributed by atoms with van der Waals surface area (Å²) in [5.74, 6) is -0.322. The van der Waals surface area contributed by atoms with E-state index in [1.165, 1.54) is 0 Å². The van der Waals surface area contributed by atoms with Crippen LogP contribution in [0.1, 0.15) is 0 Å². The Morgan fingerprint density at radius 1 is 1.55 bits per heavy atom. The summed E-state index contributed by atoms with van der Waals surface area (Å²) in [6.07, 6.45) is -1.20. The molecule has 5 nitrogen and oxygen atoms in total. The number of nitrogens with one attached hydrogen (secondary N) is 1. The summed E-state index contributed by atoms with van der Waals surface area (Å²) >= 11 is 0.